The molecule has 0 fully saturated rings. The Balaban J connectivity index is 2.99. The molecule has 1 heterocycles. The maximum atomic E-state index is 11.5. The molecule has 0 spiro atoms. The summed E-state index contributed by atoms with van der Waals surface area (Å²) in [6.45, 7) is 5.56. The van der Waals surface area contributed by atoms with Crippen molar-refractivity contribution in [3.8, 4) is 0 Å². The lowest BCUT2D eigenvalue weighted by Crippen LogP contribution is -2.43. The van der Waals surface area contributed by atoms with E-state index in [0.717, 1.165) is 5.69 Å². The summed E-state index contributed by atoms with van der Waals surface area (Å²) in [4.78, 5) is 11.5. The van der Waals surface area contributed by atoms with Crippen LogP contribution >= 0.6 is 0 Å². The van der Waals surface area contributed by atoms with Gasteiger partial charge in [0.15, 0.2) is 0 Å². The van der Waals surface area contributed by atoms with Crippen molar-refractivity contribution in [2.45, 2.75) is 26.3 Å². The Hall–Kier alpha value is -1.32. The number of hydrogen-bond donors (Lipinski definition) is 1. The minimum absolute atomic E-state index is 0.0457. The largest absolute Gasteiger partial charge is 0.357 e. The number of carbonyl (C=O) groups excluding carboxylic acids is 1. The Morgan fingerprint density at radius 3 is 2.62 bits per heavy atom. The summed E-state index contributed by atoms with van der Waals surface area (Å²) in [5, 5.41) is 6.82. The summed E-state index contributed by atoms with van der Waals surface area (Å²) in [5.74, 6) is -0.0457. The van der Waals surface area contributed by atoms with Crippen LogP contribution < -0.4 is 5.32 Å². The van der Waals surface area contributed by atoms with E-state index in [1.54, 1.807) is 11.7 Å². The van der Waals surface area contributed by atoms with Crippen molar-refractivity contribution in [1.29, 1.82) is 0 Å². The highest BCUT2D eigenvalue weighted by molar-refractivity contribution is 5.83. The van der Waals surface area contributed by atoms with Gasteiger partial charge in [-0.3, -0.25) is 9.48 Å². The fourth-order valence-corrected chi connectivity index (χ4v) is 1.14. The second-order valence-corrected chi connectivity index (χ2v) is 3.54. The molecule has 0 aliphatic heterocycles. The summed E-state index contributed by atoms with van der Waals surface area (Å²) in [6, 6.07) is 1.88. The summed E-state index contributed by atoms with van der Waals surface area (Å²) in [7, 11) is 1.63. The van der Waals surface area contributed by atoms with Crippen LogP contribution in [0.1, 0.15) is 19.5 Å². The van der Waals surface area contributed by atoms with E-state index in [-0.39, 0.29) is 5.91 Å². The summed E-state index contributed by atoms with van der Waals surface area (Å²) >= 11 is 0. The minimum atomic E-state index is -0.622. The lowest BCUT2D eigenvalue weighted by molar-refractivity contribution is -0.128. The molecule has 0 aromatic carbocycles. The van der Waals surface area contributed by atoms with E-state index in [1.807, 2.05) is 33.0 Å². The van der Waals surface area contributed by atoms with E-state index in [0.29, 0.717) is 0 Å². The van der Waals surface area contributed by atoms with Crippen LogP contribution in [0.25, 0.3) is 0 Å². The van der Waals surface area contributed by atoms with E-state index in [9.17, 15) is 4.79 Å². The highest BCUT2D eigenvalue weighted by Gasteiger charge is 2.29. The first-order chi connectivity index (χ1) is 5.98. The van der Waals surface area contributed by atoms with E-state index in [4.69, 9.17) is 0 Å². The van der Waals surface area contributed by atoms with Gasteiger partial charge in [0, 0.05) is 13.2 Å². The van der Waals surface area contributed by atoms with Gasteiger partial charge in [-0.2, -0.15) is 5.10 Å². The van der Waals surface area contributed by atoms with Crippen LogP contribution in [0.2, 0.25) is 0 Å². The molecule has 0 atom stereocenters. The maximum Gasteiger partial charge on any atom is 0.247 e. The molecular weight excluding hydrogens is 166 g/mol. The van der Waals surface area contributed by atoms with Crippen LogP contribution in [0.3, 0.4) is 0 Å². The predicted molar refractivity (Wildman–Crippen MR) is 50.4 cm³/mol. The normalized spacial score (nSPS) is 11.4. The molecule has 1 aromatic rings. The van der Waals surface area contributed by atoms with Crippen molar-refractivity contribution in [1.82, 2.24) is 15.1 Å². The van der Waals surface area contributed by atoms with Crippen molar-refractivity contribution in [2.75, 3.05) is 7.05 Å². The quantitative estimate of drug-likeness (QED) is 0.729. The fourth-order valence-electron chi connectivity index (χ4n) is 1.14. The number of aryl methyl sites for hydroxylation is 1. The zero-order valence-corrected chi connectivity index (χ0v) is 8.46. The van der Waals surface area contributed by atoms with Gasteiger partial charge in [0.25, 0.3) is 0 Å². The third-order valence-electron chi connectivity index (χ3n) is 2.08. The Kier molecular flexibility index (Phi) is 2.40. The van der Waals surface area contributed by atoms with Crippen molar-refractivity contribution >= 4 is 5.91 Å². The molecule has 0 saturated heterocycles. The number of nitrogens with zero attached hydrogens (tertiary/aromatic N) is 2. The lowest BCUT2D eigenvalue weighted by Gasteiger charge is -2.22. The molecule has 0 unspecified atom stereocenters. The summed E-state index contributed by atoms with van der Waals surface area (Å²) in [5.41, 5.74) is 0.292. The fraction of sp³-hybridized carbons (Fsp3) is 0.556. The highest BCUT2D eigenvalue weighted by atomic mass is 16.2. The van der Waals surface area contributed by atoms with Crippen molar-refractivity contribution in [3.05, 3.63) is 18.0 Å². The summed E-state index contributed by atoms with van der Waals surface area (Å²) in [6.07, 6.45) is 1.81. The van der Waals surface area contributed by atoms with Gasteiger partial charge in [-0.1, -0.05) is 0 Å². The predicted octanol–water partition coefficient (Wildman–Crippen LogP) is 0.673. The number of rotatable bonds is 2. The molecule has 0 radical (unpaired) electrons. The van der Waals surface area contributed by atoms with Crippen molar-refractivity contribution < 1.29 is 4.79 Å². The Morgan fingerprint density at radius 1 is 1.62 bits per heavy atom. The summed E-state index contributed by atoms with van der Waals surface area (Å²) < 4.78 is 1.67. The zero-order chi connectivity index (χ0) is 10.1. The first-order valence-corrected chi connectivity index (χ1v) is 4.23. The standard InChI is InChI=1S/C9H15N3O/c1-7-5-6-12(11-7)9(2,3)8(13)10-4/h5-6H,1-4H3,(H,10,13). The topological polar surface area (TPSA) is 46.9 Å². The molecule has 4 heteroatoms. The van der Waals surface area contributed by atoms with Gasteiger partial charge in [-0.15, -0.1) is 0 Å². The second-order valence-electron chi connectivity index (χ2n) is 3.54. The molecule has 0 saturated carbocycles. The maximum absolute atomic E-state index is 11.5. The van der Waals surface area contributed by atoms with Gasteiger partial charge in [-0.05, 0) is 26.8 Å². The van der Waals surface area contributed by atoms with Gasteiger partial charge in [0.2, 0.25) is 5.91 Å². The molecule has 4 nitrogen and oxygen atoms in total. The zero-order valence-electron chi connectivity index (χ0n) is 8.46. The van der Waals surface area contributed by atoms with Gasteiger partial charge in [-0.25, -0.2) is 0 Å². The lowest BCUT2D eigenvalue weighted by atomic mass is 10.1. The second kappa shape index (κ2) is 3.20. The monoisotopic (exact) mass is 181 g/mol. The molecular formula is C9H15N3O. The number of likely N-dealkylation sites (N-methyl/N-ethyl adjacent to an activating group) is 1. The van der Waals surface area contributed by atoms with E-state index in [1.165, 1.54) is 0 Å². The van der Waals surface area contributed by atoms with Gasteiger partial charge in [0.05, 0.1) is 5.69 Å². The minimum Gasteiger partial charge on any atom is -0.357 e. The first kappa shape index (κ1) is 9.77. The van der Waals surface area contributed by atoms with Crippen LogP contribution in [0.4, 0.5) is 0 Å². The molecule has 1 N–H and O–H groups in total. The SMILES string of the molecule is CNC(=O)C(C)(C)n1ccc(C)n1. The van der Waals surface area contributed by atoms with E-state index >= 15 is 0 Å². The number of carbonyl (C=O) groups is 1. The average molecular weight is 181 g/mol. The molecule has 72 valence electrons. The third kappa shape index (κ3) is 1.71. The molecule has 0 aliphatic rings. The number of hydrogen-bond acceptors (Lipinski definition) is 2. The first-order valence-electron chi connectivity index (χ1n) is 4.23. The van der Waals surface area contributed by atoms with Crippen LogP contribution in [0, 0.1) is 6.92 Å². The van der Waals surface area contributed by atoms with Gasteiger partial charge < -0.3 is 5.32 Å². The van der Waals surface area contributed by atoms with Crippen molar-refractivity contribution in [3.63, 3.8) is 0 Å². The Labute approximate surface area is 77.9 Å². The average Bonchev–Trinajstić information content (AvgIpc) is 2.50. The van der Waals surface area contributed by atoms with Crippen LogP contribution in [-0.2, 0) is 10.3 Å². The van der Waals surface area contributed by atoms with Crippen molar-refractivity contribution in [2.24, 2.45) is 0 Å². The molecule has 13 heavy (non-hydrogen) atoms. The smallest absolute Gasteiger partial charge is 0.247 e. The van der Waals surface area contributed by atoms with E-state index < -0.39 is 5.54 Å². The molecule has 0 aliphatic carbocycles. The van der Waals surface area contributed by atoms with E-state index in [2.05, 4.69) is 10.4 Å². The molecule has 1 amide bonds. The molecule has 0 bridgehead atoms. The van der Waals surface area contributed by atoms with Crippen LogP contribution in [0.15, 0.2) is 12.3 Å². The Morgan fingerprint density at radius 2 is 2.23 bits per heavy atom. The molecule has 1 aromatic heterocycles. The Bertz CT molecular complexity index is 314. The van der Waals surface area contributed by atoms with Gasteiger partial charge in [0.1, 0.15) is 5.54 Å². The number of amides is 1. The third-order valence-corrected chi connectivity index (χ3v) is 2.08. The van der Waals surface area contributed by atoms with Crippen LogP contribution in [0.5, 0.6) is 0 Å². The highest BCUT2D eigenvalue weighted by Crippen LogP contribution is 2.13. The van der Waals surface area contributed by atoms with Crippen LogP contribution in [-0.4, -0.2) is 22.7 Å². The molecule has 1 rings (SSSR count). The number of nitrogens with one attached hydrogen (secondary N) is 1. The van der Waals surface area contributed by atoms with Gasteiger partial charge >= 0.3 is 0 Å². The number of aromatic nitrogens is 2.